The van der Waals surface area contributed by atoms with E-state index in [1.807, 2.05) is 30.3 Å². The minimum Gasteiger partial charge on any atom is -0.469 e. The van der Waals surface area contributed by atoms with Crippen LogP contribution < -0.4 is 4.74 Å². The van der Waals surface area contributed by atoms with Gasteiger partial charge in [-0.25, -0.2) is 4.98 Å². The lowest BCUT2D eigenvalue weighted by Gasteiger charge is -2.12. The van der Waals surface area contributed by atoms with Crippen molar-refractivity contribution in [1.82, 2.24) is 9.97 Å². The first-order chi connectivity index (χ1) is 12.4. The van der Waals surface area contributed by atoms with Gasteiger partial charge in [0.05, 0.1) is 33.5 Å². The van der Waals surface area contributed by atoms with Crippen LogP contribution in [0.1, 0.15) is 31.2 Å². The van der Waals surface area contributed by atoms with Gasteiger partial charge in [0, 0.05) is 12.0 Å². The standard InChI is InChI=1S/C19H18Br2N2O3/c1-10(2)19-22-15-5-4-12(9-16(15)23-19)26-18-13(20)6-11(7-14(18)21)8-17(24)25-3/h4-7,9-10H,8H2,1-3H3,(H,22,23). The van der Waals surface area contributed by atoms with E-state index in [1.165, 1.54) is 7.11 Å². The Labute approximate surface area is 168 Å². The van der Waals surface area contributed by atoms with E-state index in [4.69, 9.17) is 9.47 Å². The van der Waals surface area contributed by atoms with Crippen LogP contribution in [0.4, 0.5) is 0 Å². The summed E-state index contributed by atoms with van der Waals surface area (Å²) in [6, 6.07) is 9.44. The molecule has 0 atom stereocenters. The number of esters is 1. The van der Waals surface area contributed by atoms with Gasteiger partial charge < -0.3 is 14.5 Å². The van der Waals surface area contributed by atoms with Gasteiger partial charge in [0.25, 0.3) is 0 Å². The van der Waals surface area contributed by atoms with E-state index in [-0.39, 0.29) is 12.4 Å². The molecule has 26 heavy (non-hydrogen) atoms. The number of carbonyl (C=O) groups excluding carboxylic acids is 1. The van der Waals surface area contributed by atoms with Gasteiger partial charge in [-0.15, -0.1) is 0 Å². The molecule has 0 fully saturated rings. The van der Waals surface area contributed by atoms with Gasteiger partial charge in [-0.05, 0) is 61.7 Å². The van der Waals surface area contributed by atoms with Crippen LogP contribution >= 0.6 is 31.9 Å². The van der Waals surface area contributed by atoms with Crippen molar-refractivity contribution in [3.63, 3.8) is 0 Å². The summed E-state index contributed by atoms with van der Waals surface area (Å²) in [7, 11) is 1.38. The van der Waals surface area contributed by atoms with Crippen molar-refractivity contribution in [1.29, 1.82) is 0 Å². The van der Waals surface area contributed by atoms with Crippen molar-refractivity contribution in [3.05, 3.63) is 50.7 Å². The molecule has 0 saturated carbocycles. The Morgan fingerprint density at radius 2 is 1.88 bits per heavy atom. The molecule has 3 rings (SSSR count). The number of ether oxygens (including phenoxy) is 2. The summed E-state index contributed by atoms with van der Waals surface area (Å²) in [6.45, 7) is 4.19. The molecule has 0 aliphatic carbocycles. The highest BCUT2D eigenvalue weighted by atomic mass is 79.9. The second-order valence-electron chi connectivity index (χ2n) is 6.20. The molecule has 0 bridgehead atoms. The molecular formula is C19H18Br2N2O3. The number of rotatable bonds is 5. The van der Waals surface area contributed by atoms with Crippen LogP contribution in [0.15, 0.2) is 39.3 Å². The third kappa shape index (κ3) is 4.10. The molecule has 0 amide bonds. The number of H-pyrrole nitrogens is 1. The number of hydrogen-bond donors (Lipinski definition) is 1. The molecule has 0 saturated heterocycles. The maximum Gasteiger partial charge on any atom is 0.309 e. The second-order valence-corrected chi connectivity index (χ2v) is 7.91. The van der Waals surface area contributed by atoms with Crippen LogP contribution in [0.2, 0.25) is 0 Å². The summed E-state index contributed by atoms with van der Waals surface area (Å²) >= 11 is 7.03. The molecule has 0 aliphatic heterocycles. The molecule has 0 aliphatic rings. The van der Waals surface area contributed by atoms with Crippen molar-refractivity contribution in [3.8, 4) is 11.5 Å². The molecule has 136 valence electrons. The molecule has 0 spiro atoms. The number of nitrogens with zero attached hydrogens (tertiary/aromatic N) is 1. The topological polar surface area (TPSA) is 64.2 Å². The Balaban J connectivity index is 1.88. The largest absolute Gasteiger partial charge is 0.469 e. The Morgan fingerprint density at radius 1 is 1.19 bits per heavy atom. The highest BCUT2D eigenvalue weighted by Gasteiger charge is 2.14. The molecule has 0 radical (unpaired) electrons. The number of aromatic nitrogens is 2. The molecule has 7 heteroatoms. The average Bonchev–Trinajstić information content (AvgIpc) is 3.01. The monoisotopic (exact) mass is 480 g/mol. The SMILES string of the molecule is COC(=O)Cc1cc(Br)c(Oc2ccc3nc(C(C)C)[nH]c3c2)c(Br)c1. The molecular weight excluding hydrogens is 464 g/mol. The fourth-order valence-electron chi connectivity index (χ4n) is 2.51. The van der Waals surface area contributed by atoms with Gasteiger partial charge in [-0.3, -0.25) is 4.79 Å². The number of benzene rings is 2. The summed E-state index contributed by atoms with van der Waals surface area (Å²) < 4.78 is 12.3. The lowest BCUT2D eigenvalue weighted by Crippen LogP contribution is -2.04. The van der Waals surface area contributed by atoms with E-state index in [1.54, 1.807) is 0 Å². The predicted molar refractivity (Wildman–Crippen MR) is 108 cm³/mol. The Bertz CT molecular complexity index is 944. The molecule has 3 aromatic rings. The first-order valence-corrected chi connectivity index (χ1v) is 9.68. The molecule has 5 nitrogen and oxygen atoms in total. The lowest BCUT2D eigenvalue weighted by atomic mass is 10.1. The van der Waals surface area contributed by atoms with Crippen molar-refractivity contribution in [2.45, 2.75) is 26.2 Å². The minimum atomic E-state index is -0.289. The fourth-order valence-corrected chi connectivity index (χ4v) is 3.96. The van der Waals surface area contributed by atoms with Crippen LogP contribution in [0.25, 0.3) is 11.0 Å². The van der Waals surface area contributed by atoms with E-state index in [9.17, 15) is 4.79 Å². The Morgan fingerprint density at radius 3 is 2.50 bits per heavy atom. The number of methoxy groups -OCH3 is 1. The summed E-state index contributed by atoms with van der Waals surface area (Å²) in [5, 5.41) is 0. The van der Waals surface area contributed by atoms with Crippen molar-refractivity contribution in [2.75, 3.05) is 7.11 Å². The van der Waals surface area contributed by atoms with E-state index in [0.717, 1.165) is 31.4 Å². The highest BCUT2D eigenvalue weighted by molar-refractivity contribution is 9.11. The summed E-state index contributed by atoms with van der Waals surface area (Å²) in [5.74, 6) is 2.33. The predicted octanol–water partition coefficient (Wildman–Crippen LogP) is 5.72. The zero-order valence-electron chi connectivity index (χ0n) is 14.6. The highest BCUT2D eigenvalue weighted by Crippen LogP contribution is 2.38. The maximum atomic E-state index is 11.5. The Kier molecular flexibility index (Phi) is 5.67. The van der Waals surface area contributed by atoms with E-state index < -0.39 is 0 Å². The smallest absolute Gasteiger partial charge is 0.309 e. The third-order valence-electron chi connectivity index (χ3n) is 3.87. The quantitative estimate of drug-likeness (QED) is 0.473. The van der Waals surface area contributed by atoms with Gasteiger partial charge in [0.2, 0.25) is 0 Å². The van der Waals surface area contributed by atoms with Crippen LogP contribution in [-0.4, -0.2) is 23.0 Å². The van der Waals surface area contributed by atoms with Gasteiger partial charge in [-0.1, -0.05) is 13.8 Å². The van der Waals surface area contributed by atoms with Crippen LogP contribution in [0, 0.1) is 0 Å². The number of imidazole rings is 1. The summed E-state index contributed by atoms with van der Waals surface area (Å²) in [6.07, 6.45) is 0.200. The summed E-state index contributed by atoms with van der Waals surface area (Å²) in [5.41, 5.74) is 2.67. The molecule has 1 aromatic heterocycles. The zero-order valence-corrected chi connectivity index (χ0v) is 17.8. The minimum absolute atomic E-state index is 0.200. The molecule has 2 aromatic carbocycles. The normalized spacial score (nSPS) is 11.2. The average molecular weight is 482 g/mol. The maximum absolute atomic E-state index is 11.5. The fraction of sp³-hybridized carbons (Fsp3) is 0.263. The summed E-state index contributed by atoms with van der Waals surface area (Å²) in [4.78, 5) is 19.4. The van der Waals surface area contributed by atoms with Crippen LogP contribution in [-0.2, 0) is 16.0 Å². The first-order valence-electron chi connectivity index (χ1n) is 8.09. The molecule has 1 N–H and O–H groups in total. The van der Waals surface area contributed by atoms with Gasteiger partial charge in [-0.2, -0.15) is 0 Å². The van der Waals surface area contributed by atoms with Crippen molar-refractivity contribution < 1.29 is 14.3 Å². The zero-order chi connectivity index (χ0) is 18.8. The van der Waals surface area contributed by atoms with Gasteiger partial charge >= 0.3 is 5.97 Å². The van der Waals surface area contributed by atoms with Crippen LogP contribution in [0.5, 0.6) is 11.5 Å². The molecule has 0 unspecified atom stereocenters. The number of halogens is 2. The van der Waals surface area contributed by atoms with E-state index in [0.29, 0.717) is 17.4 Å². The Hall–Kier alpha value is -1.86. The van der Waals surface area contributed by atoms with E-state index >= 15 is 0 Å². The number of carbonyl (C=O) groups is 1. The molecule has 1 heterocycles. The third-order valence-corrected chi connectivity index (χ3v) is 5.05. The number of nitrogens with one attached hydrogen (secondary N) is 1. The van der Waals surface area contributed by atoms with E-state index in [2.05, 4.69) is 55.7 Å². The van der Waals surface area contributed by atoms with Gasteiger partial charge in [0.1, 0.15) is 11.6 Å². The van der Waals surface area contributed by atoms with Crippen molar-refractivity contribution in [2.24, 2.45) is 0 Å². The second kappa shape index (κ2) is 7.80. The number of fused-ring (bicyclic) bond motifs is 1. The first kappa shape index (κ1) is 18.9. The number of aromatic amines is 1. The lowest BCUT2D eigenvalue weighted by molar-refractivity contribution is -0.139. The van der Waals surface area contributed by atoms with Crippen LogP contribution in [0.3, 0.4) is 0 Å². The van der Waals surface area contributed by atoms with Gasteiger partial charge in [0.15, 0.2) is 5.75 Å². The van der Waals surface area contributed by atoms with Crippen molar-refractivity contribution >= 4 is 48.9 Å². The number of hydrogen-bond acceptors (Lipinski definition) is 4.